The first kappa shape index (κ1) is 17.2. The minimum Gasteiger partial charge on any atom is -0.350 e. The molecule has 0 aliphatic rings. The number of aryl methyl sites for hydroxylation is 1. The maximum atomic E-state index is 12.2. The zero-order chi connectivity index (χ0) is 17.0. The Hall–Kier alpha value is -2.14. The van der Waals surface area contributed by atoms with Crippen LogP contribution < -0.4 is 10.6 Å². The highest BCUT2D eigenvalue weighted by Gasteiger charge is 2.10. The molecule has 0 heterocycles. The van der Waals surface area contributed by atoms with Gasteiger partial charge in [0.1, 0.15) is 0 Å². The molecule has 2 amide bonds. The zero-order valence-electron chi connectivity index (χ0n) is 13.3. The fourth-order valence-corrected chi connectivity index (χ4v) is 2.29. The Balaban J connectivity index is 2.08. The van der Waals surface area contributed by atoms with Crippen LogP contribution in [-0.4, -0.2) is 17.9 Å². The maximum absolute atomic E-state index is 12.2. The van der Waals surface area contributed by atoms with E-state index >= 15 is 0 Å². The molecule has 2 aromatic carbocycles. The van der Waals surface area contributed by atoms with E-state index in [0.29, 0.717) is 11.1 Å². The van der Waals surface area contributed by atoms with E-state index in [-0.39, 0.29) is 17.9 Å². The average Bonchev–Trinajstić information content (AvgIpc) is 2.50. The molecule has 0 saturated carbocycles. The van der Waals surface area contributed by atoms with E-state index in [0.717, 1.165) is 15.7 Å². The van der Waals surface area contributed by atoms with Gasteiger partial charge in [-0.2, -0.15) is 0 Å². The minimum absolute atomic E-state index is 0.0751. The van der Waals surface area contributed by atoms with Crippen molar-refractivity contribution >= 4 is 33.4 Å². The smallest absolute Gasteiger partial charge is 0.255 e. The molecule has 4 nitrogen and oxygen atoms in total. The lowest BCUT2D eigenvalue weighted by Crippen LogP contribution is -2.30. The van der Waals surface area contributed by atoms with Crippen LogP contribution in [0.5, 0.6) is 0 Å². The molecule has 0 fully saturated rings. The first-order valence-electron chi connectivity index (χ1n) is 7.35. The SMILES string of the molecule is Cc1cc(NC(=O)c2ccc(C(=O)NC(C)C)cc2)ccc1Br. The van der Waals surface area contributed by atoms with Crippen molar-refractivity contribution in [3.8, 4) is 0 Å². The number of amides is 2. The second-order valence-corrected chi connectivity index (χ2v) is 6.48. The second kappa shape index (κ2) is 7.42. The summed E-state index contributed by atoms with van der Waals surface area (Å²) in [6.07, 6.45) is 0. The largest absolute Gasteiger partial charge is 0.350 e. The van der Waals surface area contributed by atoms with Gasteiger partial charge in [0.25, 0.3) is 11.8 Å². The number of hydrogen-bond donors (Lipinski definition) is 2. The van der Waals surface area contributed by atoms with E-state index in [2.05, 4.69) is 26.6 Å². The maximum Gasteiger partial charge on any atom is 0.255 e. The highest BCUT2D eigenvalue weighted by atomic mass is 79.9. The average molecular weight is 375 g/mol. The van der Waals surface area contributed by atoms with Crippen molar-refractivity contribution in [2.45, 2.75) is 26.8 Å². The van der Waals surface area contributed by atoms with Crippen molar-refractivity contribution in [2.24, 2.45) is 0 Å². The molecule has 2 N–H and O–H groups in total. The fraction of sp³-hybridized carbons (Fsp3) is 0.222. The van der Waals surface area contributed by atoms with Gasteiger partial charge >= 0.3 is 0 Å². The van der Waals surface area contributed by atoms with Crippen LogP contribution in [-0.2, 0) is 0 Å². The Morgan fingerprint density at radius 1 is 0.957 bits per heavy atom. The molecule has 0 bridgehead atoms. The van der Waals surface area contributed by atoms with Crippen molar-refractivity contribution in [3.63, 3.8) is 0 Å². The van der Waals surface area contributed by atoms with E-state index < -0.39 is 0 Å². The number of anilines is 1. The Labute approximate surface area is 144 Å². The van der Waals surface area contributed by atoms with Crippen LogP contribution in [0.1, 0.15) is 40.1 Å². The number of benzene rings is 2. The molecule has 5 heteroatoms. The Morgan fingerprint density at radius 2 is 1.52 bits per heavy atom. The predicted octanol–water partition coefficient (Wildman–Crippen LogP) is 4.15. The molecular weight excluding hydrogens is 356 g/mol. The van der Waals surface area contributed by atoms with Crippen molar-refractivity contribution in [1.29, 1.82) is 0 Å². The fourth-order valence-electron chi connectivity index (χ4n) is 2.04. The highest BCUT2D eigenvalue weighted by molar-refractivity contribution is 9.10. The summed E-state index contributed by atoms with van der Waals surface area (Å²) in [5.74, 6) is -0.349. The summed E-state index contributed by atoms with van der Waals surface area (Å²) in [7, 11) is 0. The third kappa shape index (κ3) is 4.66. The topological polar surface area (TPSA) is 58.2 Å². The molecule has 0 radical (unpaired) electrons. The third-order valence-corrected chi connectivity index (χ3v) is 4.13. The molecule has 0 aliphatic carbocycles. The lowest BCUT2D eigenvalue weighted by molar-refractivity contribution is 0.0941. The van der Waals surface area contributed by atoms with Crippen LogP contribution in [0.4, 0.5) is 5.69 Å². The van der Waals surface area contributed by atoms with Gasteiger partial charge in [-0.15, -0.1) is 0 Å². The predicted molar refractivity (Wildman–Crippen MR) is 95.9 cm³/mol. The summed E-state index contributed by atoms with van der Waals surface area (Å²) in [5, 5.41) is 5.66. The second-order valence-electron chi connectivity index (χ2n) is 5.62. The molecule has 0 unspecified atom stereocenters. The number of halogens is 1. The van der Waals surface area contributed by atoms with Gasteiger partial charge in [0.15, 0.2) is 0 Å². The standard InChI is InChI=1S/C18H19BrN2O2/c1-11(2)20-17(22)13-4-6-14(7-5-13)18(23)21-15-8-9-16(19)12(3)10-15/h4-11H,1-3H3,(H,20,22)(H,21,23). The number of hydrogen-bond acceptors (Lipinski definition) is 2. The van der Waals surface area contributed by atoms with Crippen LogP contribution in [0, 0.1) is 6.92 Å². The van der Waals surface area contributed by atoms with Gasteiger partial charge in [-0.1, -0.05) is 15.9 Å². The number of rotatable bonds is 4. The first-order chi connectivity index (χ1) is 10.9. The van der Waals surface area contributed by atoms with Gasteiger partial charge in [0, 0.05) is 27.3 Å². The van der Waals surface area contributed by atoms with Gasteiger partial charge in [0.05, 0.1) is 0 Å². The van der Waals surface area contributed by atoms with Crippen molar-refractivity contribution in [2.75, 3.05) is 5.32 Å². The van der Waals surface area contributed by atoms with Crippen LogP contribution in [0.3, 0.4) is 0 Å². The molecule has 2 rings (SSSR count). The van der Waals surface area contributed by atoms with Gasteiger partial charge in [-0.05, 0) is 68.8 Å². The molecular formula is C18H19BrN2O2. The third-order valence-electron chi connectivity index (χ3n) is 3.24. The first-order valence-corrected chi connectivity index (χ1v) is 8.14. The van der Waals surface area contributed by atoms with Gasteiger partial charge in [0.2, 0.25) is 0 Å². The monoisotopic (exact) mass is 374 g/mol. The molecule has 2 aromatic rings. The Bertz CT molecular complexity index is 724. The van der Waals surface area contributed by atoms with Crippen LogP contribution in [0.25, 0.3) is 0 Å². The van der Waals surface area contributed by atoms with Crippen molar-refractivity contribution in [3.05, 3.63) is 63.6 Å². The number of carbonyl (C=O) groups excluding carboxylic acids is 2. The van der Waals surface area contributed by atoms with E-state index in [1.807, 2.05) is 39.0 Å². The van der Waals surface area contributed by atoms with Crippen molar-refractivity contribution in [1.82, 2.24) is 5.32 Å². The lowest BCUT2D eigenvalue weighted by atomic mass is 10.1. The van der Waals surface area contributed by atoms with E-state index in [9.17, 15) is 9.59 Å². The molecule has 120 valence electrons. The molecule has 0 aliphatic heterocycles. The summed E-state index contributed by atoms with van der Waals surface area (Å²) in [6.45, 7) is 5.77. The summed E-state index contributed by atoms with van der Waals surface area (Å²) in [4.78, 5) is 24.1. The molecule has 0 saturated heterocycles. The van der Waals surface area contributed by atoms with Crippen molar-refractivity contribution < 1.29 is 9.59 Å². The molecule has 0 aromatic heterocycles. The van der Waals surface area contributed by atoms with E-state index in [1.165, 1.54) is 0 Å². The normalized spacial score (nSPS) is 10.5. The summed E-state index contributed by atoms with van der Waals surface area (Å²) < 4.78 is 0.996. The number of carbonyl (C=O) groups is 2. The quantitative estimate of drug-likeness (QED) is 0.844. The van der Waals surface area contributed by atoms with E-state index in [4.69, 9.17) is 0 Å². The van der Waals surface area contributed by atoms with Gasteiger partial charge in [-0.25, -0.2) is 0 Å². The Kier molecular flexibility index (Phi) is 5.55. The Morgan fingerprint density at radius 3 is 2.04 bits per heavy atom. The zero-order valence-corrected chi connectivity index (χ0v) is 14.9. The summed E-state index contributed by atoms with van der Waals surface area (Å²) in [6, 6.07) is 12.3. The van der Waals surface area contributed by atoms with Crippen LogP contribution in [0.15, 0.2) is 46.9 Å². The van der Waals surface area contributed by atoms with Gasteiger partial charge < -0.3 is 10.6 Å². The summed E-state index contributed by atoms with van der Waals surface area (Å²) >= 11 is 3.43. The minimum atomic E-state index is -0.206. The highest BCUT2D eigenvalue weighted by Crippen LogP contribution is 2.20. The van der Waals surface area contributed by atoms with E-state index in [1.54, 1.807) is 24.3 Å². The summed E-state index contributed by atoms with van der Waals surface area (Å²) in [5.41, 5.74) is 2.82. The van der Waals surface area contributed by atoms with Crippen LogP contribution in [0.2, 0.25) is 0 Å². The lowest BCUT2D eigenvalue weighted by Gasteiger charge is -2.09. The molecule has 0 atom stereocenters. The molecule has 23 heavy (non-hydrogen) atoms. The van der Waals surface area contributed by atoms with Crippen LogP contribution >= 0.6 is 15.9 Å². The molecule has 0 spiro atoms. The number of nitrogens with one attached hydrogen (secondary N) is 2. The van der Waals surface area contributed by atoms with Gasteiger partial charge in [-0.3, -0.25) is 9.59 Å².